The van der Waals surface area contributed by atoms with Gasteiger partial charge in [0.2, 0.25) is 0 Å². The average Bonchev–Trinajstić information content (AvgIpc) is 3.13. The maximum atomic E-state index is 12.9. The quantitative estimate of drug-likeness (QED) is 0.263. The van der Waals surface area contributed by atoms with E-state index in [1.165, 1.54) is 7.11 Å². The van der Waals surface area contributed by atoms with Gasteiger partial charge in [-0.25, -0.2) is 0 Å². The molecule has 0 aliphatic heterocycles. The van der Waals surface area contributed by atoms with Gasteiger partial charge in [0, 0.05) is 30.7 Å². The molecule has 0 amide bonds. The molecule has 4 nitrogen and oxygen atoms in total. The summed E-state index contributed by atoms with van der Waals surface area (Å²) in [5.41, 5.74) is 0.791. The third-order valence-corrected chi connectivity index (χ3v) is 6.45. The number of hydrogen-bond donors (Lipinski definition) is 0. The minimum atomic E-state index is -0.156. The van der Waals surface area contributed by atoms with Crippen LogP contribution < -0.4 is 0 Å². The highest BCUT2D eigenvalue weighted by molar-refractivity contribution is 6.08. The van der Waals surface area contributed by atoms with Crippen LogP contribution in [0, 0.1) is 11.8 Å². The lowest BCUT2D eigenvalue weighted by Crippen LogP contribution is -2.16. The van der Waals surface area contributed by atoms with Gasteiger partial charge in [0.1, 0.15) is 5.78 Å². The molecular formula is C26H32O4. The number of carbonyl (C=O) groups excluding carboxylic acids is 3. The summed E-state index contributed by atoms with van der Waals surface area (Å²) < 4.78 is 4.66. The highest BCUT2D eigenvalue weighted by Crippen LogP contribution is 2.36. The van der Waals surface area contributed by atoms with E-state index in [9.17, 15) is 14.4 Å². The van der Waals surface area contributed by atoms with Crippen molar-refractivity contribution in [3.63, 3.8) is 0 Å². The molecular weight excluding hydrogens is 376 g/mol. The minimum Gasteiger partial charge on any atom is -0.469 e. The molecule has 0 N–H and O–H groups in total. The molecule has 0 unspecified atom stereocenters. The molecule has 30 heavy (non-hydrogen) atoms. The van der Waals surface area contributed by atoms with Crippen molar-refractivity contribution in [1.29, 1.82) is 0 Å². The fourth-order valence-electron chi connectivity index (χ4n) is 4.73. The Bertz CT molecular complexity index is 880. The Morgan fingerprint density at radius 1 is 0.933 bits per heavy atom. The number of ether oxygens (including phenoxy) is 1. The summed E-state index contributed by atoms with van der Waals surface area (Å²) in [5.74, 6) is 0.814. The Labute approximate surface area is 179 Å². The molecule has 2 aromatic rings. The van der Waals surface area contributed by atoms with Crippen LogP contribution in [0.1, 0.15) is 74.6 Å². The first-order valence-corrected chi connectivity index (χ1v) is 11.2. The Morgan fingerprint density at radius 3 is 2.53 bits per heavy atom. The molecule has 0 radical (unpaired) electrons. The van der Waals surface area contributed by atoms with Crippen molar-refractivity contribution in [2.45, 2.75) is 64.2 Å². The summed E-state index contributed by atoms with van der Waals surface area (Å²) in [7, 11) is 1.42. The van der Waals surface area contributed by atoms with Gasteiger partial charge in [0.15, 0.2) is 5.78 Å². The van der Waals surface area contributed by atoms with Crippen LogP contribution in [0.5, 0.6) is 0 Å². The van der Waals surface area contributed by atoms with E-state index >= 15 is 0 Å². The van der Waals surface area contributed by atoms with Crippen molar-refractivity contribution in [2.24, 2.45) is 11.8 Å². The van der Waals surface area contributed by atoms with E-state index in [0.717, 1.165) is 61.3 Å². The van der Waals surface area contributed by atoms with Crippen molar-refractivity contribution < 1.29 is 19.1 Å². The summed E-state index contributed by atoms with van der Waals surface area (Å²) in [6, 6.07) is 13.9. The van der Waals surface area contributed by atoms with Gasteiger partial charge < -0.3 is 4.74 Å². The number of methoxy groups -OCH3 is 1. The SMILES string of the molecule is COC(=O)CCCCCC[C@@H]1C(=O)CC[C@H]1CCC(=O)c1cccc2ccccc12. The van der Waals surface area contributed by atoms with Gasteiger partial charge in [0.25, 0.3) is 0 Å². The van der Waals surface area contributed by atoms with Crippen LogP contribution in [0.2, 0.25) is 0 Å². The molecule has 1 aliphatic rings. The summed E-state index contributed by atoms with van der Waals surface area (Å²) in [5, 5.41) is 2.10. The van der Waals surface area contributed by atoms with E-state index in [4.69, 9.17) is 0 Å². The molecule has 4 heteroatoms. The van der Waals surface area contributed by atoms with Gasteiger partial charge >= 0.3 is 5.97 Å². The topological polar surface area (TPSA) is 60.4 Å². The average molecular weight is 409 g/mol. The molecule has 160 valence electrons. The van der Waals surface area contributed by atoms with Gasteiger partial charge in [-0.15, -0.1) is 0 Å². The van der Waals surface area contributed by atoms with Crippen LogP contribution in [-0.4, -0.2) is 24.6 Å². The lowest BCUT2D eigenvalue weighted by molar-refractivity contribution is -0.140. The minimum absolute atomic E-state index is 0.103. The van der Waals surface area contributed by atoms with Crippen molar-refractivity contribution in [1.82, 2.24) is 0 Å². The lowest BCUT2D eigenvalue weighted by Gasteiger charge is -2.18. The number of fused-ring (bicyclic) bond motifs is 1. The van der Waals surface area contributed by atoms with Crippen molar-refractivity contribution in [2.75, 3.05) is 7.11 Å². The van der Waals surface area contributed by atoms with Gasteiger partial charge in [-0.2, -0.15) is 0 Å². The summed E-state index contributed by atoms with van der Waals surface area (Å²) in [4.78, 5) is 36.4. The largest absolute Gasteiger partial charge is 0.469 e. The van der Waals surface area contributed by atoms with Crippen molar-refractivity contribution in [3.05, 3.63) is 48.0 Å². The van der Waals surface area contributed by atoms with E-state index in [1.807, 2.05) is 42.5 Å². The molecule has 1 aliphatic carbocycles. The van der Waals surface area contributed by atoms with Gasteiger partial charge in [-0.3, -0.25) is 14.4 Å². The smallest absolute Gasteiger partial charge is 0.305 e. The maximum absolute atomic E-state index is 12.9. The predicted molar refractivity (Wildman–Crippen MR) is 118 cm³/mol. The van der Waals surface area contributed by atoms with Crippen LogP contribution in [0.15, 0.2) is 42.5 Å². The second kappa shape index (κ2) is 11.1. The second-order valence-corrected chi connectivity index (χ2v) is 8.39. The van der Waals surface area contributed by atoms with E-state index in [-0.39, 0.29) is 17.7 Å². The lowest BCUT2D eigenvalue weighted by atomic mass is 9.85. The zero-order chi connectivity index (χ0) is 21.3. The zero-order valence-electron chi connectivity index (χ0n) is 17.9. The molecule has 0 aromatic heterocycles. The first-order chi connectivity index (χ1) is 14.6. The summed E-state index contributed by atoms with van der Waals surface area (Å²) >= 11 is 0. The van der Waals surface area contributed by atoms with Crippen LogP contribution in [0.4, 0.5) is 0 Å². The number of esters is 1. The number of benzene rings is 2. The number of Topliss-reactive ketones (excluding diaryl/α,β-unsaturated/α-hetero) is 2. The van der Waals surface area contributed by atoms with E-state index in [0.29, 0.717) is 31.0 Å². The normalized spacial score (nSPS) is 18.6. The number of hydrogen-bond acceptors (Lipinski definition) is 4. The number of rotatable bonds is 11. The molecule has 2 atom stereocenters. The monoisotopic (exact) mass is 408 g/mol. The maximum Gasteiger partial charge on any atom is 0.305 e. The highest BCUT2D eigenvalue weighted by Gasteiger charge is 2.34. The van der Waals surface area contributed by atoms with E-state index in [1.54, 1.807) is 0 Å². The Kier molecular flexibility index (Phi) is 8.18. The molecule has 0 heterocycles. The first kappa shape index (κ1) is 22.2. The third-order valence-electron chi connectivity index (χ3n) is 6.45. The molecule has 0 bridgehead atoms. The zero-order valence-corrected chi connectivity index (χ0v) is 17.9. The van der Waals surface area contributed by atoms with Crippen LogP contribution in [-0.2, 0) is 14.3 Å². The van der Waals surface area contributed by atoms with Gasteiger partial charge in [-0.1, -0.05) is 61.7 Å². The van der Waals surface area contributed by atoms with Gasteiger partial charge in [-0.05, 0) is 42.4 Å². The van der Waals surface area contributed by atoms with Crippen molar-refractivity contribution >= 4 is 28.3 Å². The highest BCUT2D eigenvalue weighted by atomic mass is 16.5. The standard InChI is InChI=1S/C26H32O4/c1-30-26(29)14-5-3-2-4-12-22-20(15-17-24(22)27)16-18-25(28)23-13-8-10-19-9-6-7-11-21(19)23/h6-11,13,20,22H,2-5,12,14-18H2,1H3/t20-,22-/m0/s1. The van der Waals surface area contributed by atoms with E-state index < -0.39 is 0 Å². The van der Waals surface area contributed by atoms with Gasteiger partial charge in [0.05, 0.1) is 7.11 Å². The number of carbonyl (C=O) groups is 3. The molecule has 3 rings (SSSR count). The number of unbranched alkanes of at least 4 members (excludes halogenated alkanes) is 3. The molecule has 1 fully saturated rings. The summed E-state index contributed by atoms with van der Waals surface area (Å²) in [6.45, 7) is 0. The molecule has 2 aromatic carbocycles. The second-order valence-electron chi connectivity index (χ2n) is 8.39. The van der Waals surface area contributed by atoms with Crippen LogP contribution in [0.3, 0.4) is 0 Å². The number of ketones is 2. The third kappa shape index (κ3) is 5.78. The Hall–Kier alpha value is -2.49. The first-order valence-electron chi connectivity index (χ1n) is 11.2. The molecule has 0 spiro atoms. The van der Waals surface area contributed by atoms with E-state index in [2.05, 4.69) is 4.74 Å². The van der Waals surface area contributed by atoms with Crippen LogP contribution >= 0.6 is 0 Å². The summed E-state index contributed by atoms with van der Waals surface area (Å²) in [6.07, 6.45) is 8.10. The fraction of sp³-hybridized carbons (Fsp3) is 0.500. The molecule has 1 saturated carbocycles. The van der Waals surface area contributed by atoms with Crippen LogP contribution in [0.25, 0.3) is 10.8 Å². The van der Waals surface area contributed by atoms with Crippen molar-refractivity contribution in [3.8, 4) is 0 Å². The Morgan fingerprint density at radius 2 is 1.70 bits per heavy atom. The Balaban J connectivity index is 1.47. The molecule has 0 saturated heterocycles. The predicted octanol–water partition coefficient (Wildman–Crippen LogP) is 5.91. The fourth-order valence-corrected chi connectivity index (χ4v) is 4.73.